The monoisotopic (exact) mass is 652 g/mol. The van der Waals surface area contributed by atoms with Crippen molar-refractivity contribution in [2.45, 2.75) is 71.3 Å². The molecule has 1 atom stereocenters. The Balaban J connectivity index is 1.16. The van der Waals surface area contributed by atoms with Crippen LogP contribution in [-0.2, 0) is 23.9 Å². The van der Waals surface area contributed by atoms with Gasteiger partial charge in [-0.05, 0) is 110 Å². The first-order valence-corrected chi connectivity index (χ1v) is 16.2. The van der Waals surface area contributed by atoms with Crippen molar-refractivity contribution in [2.75, 3.05) is 13.2 Å². The van der Waals surface area contributed by atoms with Crippen LogP contribution in [0.4, 0.5) is 0 Å². The van der Waals surface area contributed by atoms with Crippen molar-refractivity contribution in [1.29, 1.82) is 0 Å². The van der Waals surface area contributed by atoms with Crippen molar-refractivity contribution in [3.63, 3.8) is 0 Å². The molecular weight excluding hydrogens is 612 g/mol. The van der Waals surface area contributed by atoms with Crippen LogP contribution in [0.2, 0.25) is 0 Å². The fourth-order valence-electron chi connectivity index (χ4n) is 5.91. The number of carbonyl (C=O) groups is 4. The molecule has 1 fully saturated rings. The molecular formula is C39H40O9. The number of carbonyl (C=O) groups excluding carboxylic acids is 4. The zero-order valence-corrected chi connectivity index (χ0v) is 27.6. The number of hydrogen-bond acceptors (Lipinski definition) is 9. The van der Waals surface area contributed by atoms with Crippen molar-refractivity contribution in [1.82, 2.24) is 0 Å². The average molecular weight is 653 g/mol. The Morgan fingerprint density at radius 2 is 1.46 bits per heavy atom. The van der Waals surface area contributed by atoms with Crippen molar-refractivity contribution < 1.29 is 42.9 Å². The van der Waals surface area contributed by atoms with Crippen LogP contribution in [0.5, 0.6) is 17.2 Å². The Kier molecular flexibility index (Phi) is 10.8. The van der Waals surface area contributed by atoms with Gasteiger partial charge in [0.05, 0.1) is 12.0 Å². The van der Waals surface area contributed by atoms with E-state index in [4.69, 9.17) is 23.7 Å². The van der Waals surface area contributed by atoms with Gasteiger partial charge in [0, 0.05) is 17.1 Å². The molecule has 0 amide bonds. The first kappa shape index (κ1) is 34.2. The summed E-state index contributed by atoms with van der Waals surface area (Å²) in [6.45, 7) is 13.0. The molecule has 250 valence electrons. The number of esters is 4. The second kappa shape index (κ2) is 15.2. The minimum atomic E-state index is -0.731. The van der Waals surface area contributed by atoms with E-state index in [0.717, 1.165) is 54.4 Å². The van der Waals surface area contributed by atoms with Crippen molar-refractivity contribution >= 4 is 23.9 Å². The van der Waals surface area contributed by atoms with Gasteiger partial charge in [0.15, 0.2) is 0 Å². The van der Waals surface area contributed by atoms with Crippen LogP contribution in [0.1, 0.15) is 85.3 Å². The molecule has 0 saturated heterocycles. The first-order valence-electron chi connectivity index (χ1n) is 16.2. The maximum atomic E-state index is 13.1. The zero-order chi connectivity index (χ0) is 34.4. The molecule has 9 heteroatoms. The maximum absolute atomic E-state index is 13.1. The number of rotatable bonds is 12. The lowest BCUT2D eigenvalue weighted by atomic mass is 9.98. The molecule has 48 heavy (non-hydrogen) atoms. The van der Waals surface area contributed by atoms with Gasteiger partial charge in [-0.2, -0.15) is 0 Å². The van der Waals surface area contributed by atoms with E-state index in [9.17, 15) is 19.2 Å². The van der Waals surface area contributed by atoms with Gasteiger partial charge in [0.2, 0.25) is 0 Å². The molecule has 0 heterocycles. The Morgan fingerprint density at radius 1 is 0.792 bits per heavy atom. The van der Waals surface area contributed by atoms with E-state index in [1.165, 1.54) is 12.1 Å². The van der Waals surface area contributed by atoms with Gasteiger partial charge in [-0.3, -0.25) is 4.79 Å². The Morgan fingerprint density at radius 3 is 2.12 bits per heavy atom. The second-order valence-electron chi connectivity index (χ2n) is 12.3. The number of fused-ring (bicyclic) bond motifs is 3. The first-order chi connectivity index (χ1) is 23.0. The summed E-state index contributed by atoms with van der Waals surface area (Å²) in [6.07, 6.45) is 4.54. The number of ether oxygens (including phenoxy) is 5. The highest BCUT2D eigenvalue weighted by atomic mass is 16.6. The molecule has 0 aromatic heterocycles. The van der Waals surface area contributed by atoms with Gasteiger partial charge in [-0.25, -0.2) is 14.4 Å². The predicted octanol–water partition coefficient (Wildman–Crippen LogP) is 7.57. The summed E-state index contributed by atoms with van der Waals surface area (Å²) < 4.78 is 27.6. The molecule has 3 aromatic carbocycles. The lowest BCUT2D eigenvalue weighted by Crippen LogP contribution is -2.22. The summed E-state index contributed by atoms with van der Waals surface area (Å²) in [5, 5.41) is 0. The maximum Gasteiger partial charge on any atom is 0.343 e. The molecule has 0 N–H and O–H groups in total. The molecule has 1 saturated carbocycles. The van der Waals surface area contributed by atoms with E-state index in [2.05, 4.69) is 20.1 Å². The lowest BCUT2D eigenvalue weighted by molar-refractivity contribution is -0.150. The highest BCUT2D eigenvalue weighted by Crippen LogP contribution is 2.47. The highest BCUT2D eigenvalue weighted by Gasteiger charge is 2.27. The summed E-state index contributed by atoms with van der Waals surface area (Å²) >= 11 is 0. The number of hydrogen-bond donors (Lipinski definition) is 0. The van der Waals surface area contributed by atoms with Gasteiger partial charge in [0.1, 0.15) is 36.6 Å². The molecule has 0 bridgehead atoms. The second-order valence-corrected chi connectivity index (χ2v) is 12.3. The smallest absolute Gasteiger partial charge is 0.343 e. The van der Waals surface area contributed by atoms with E-state index < -0.39 is 23.9 Å². The summed E-state index contributed by atoms with van der Waals surface area (Å²) in [5.41, 5.74) is 5.38. The third-order valence-corrected chi connectivity index (χ3v) is 8.52. The van der Waals surface area contributed by atoms with Crippen LogP contribution in [-0.4, -0.2) is 43.2 Å². The summed E-state index contributed by atoms with van der Waals surface area (Å²) in [6, 6.07) is 16.0. The molecule has 2 aliphatic carbocycles. The third kappa shape index (κ3) is 8.20. The Bertz CT molecular complexity index is 1760. The standard InChI is InChI=1S/C39H40O9/c1-23(2)37(41)45-18-17-44-29-12-14-31-32-15-13-30(22-34(32)26(5)33(31)21-29)47-39(43)27-11-16-35(24(3)19-27)48-38(42)25(4)20-36(40)46-28-9-7-6-8-10-28/h11-16,19,21-22,26,28H,1,4,6-10,17-18,20H2,2-3,5H3. The van der Waals surface area contributed by atoms with Crippen molar-refractivity contribution in [3.05, 3.63) is 101 Å². The summed E-state index contributed by atoms with van der Waals surface area (Å²) in [5.74, 6) is -0.887. The molecule has 2 aliphatic rings. The van der Waals surface area contributed by atoms with Crippen LogP contribution >= 0.6 is 0 Å². The Labute approximate surface area is 280 Å². The fourth-order valence-corrected chi connectivity index (χ4v) is 5.91. The minimum Gasteiger partial charge on any atom is -0.490 e. The van der Waals surface area contributed by atoms with E-state index in [1.54, 1.807) is 26.0 Å². The predicted molar refractivity (Wildman–Crippen MR) is 179 cm³/mol. The number of benzene rings is 3. The quantitative estimate of drug-likeness (QED) is 0.0846. The van der Waals surface area contributed by atoms with Crippen molar-refractivity contribution in [3.8, 4) is 28.4 Å². The van der Waals surface area contributed by atoms with E-state index in [-0.39, 0.29) is 48.5 Å². The largest absolute Gasteiger partial charge is 0.490 e. The molecule has 5 rings (SSSR count). The molecule has 0 aliphatic heterocycles. The Hall–Kier alpha value is -5.18. The molecule has 0 spiro atoms. The van der Waals surface area contributed by atoms with Gasteiger partial charge in [-0.15, -0.1) is 0 Å². The molecule has 1 unspecified atom stereocenters. The van der Waals surface area contributed by atoms with Gasteiger partial charge in [-0.1, -0.05) is 38.6 Å². The van der Waals surface area contributed by atoms with E-state index in [1.807, 2.05) is 30.3 Å². The molecule has 3 aromatic rings. The number of aryl methyl sites for hydroxylation is 1. The molecule has 9 nitrogen and oxygen atoms in total. The third-order valence-electron chi connectivity index (χ3n) is 8.52. The zero-order valence-electron chi connectivity index (χ0n) is 27.6. The van der Waals surface area contributed by atoms with Crippen molar-refractivity contribution in [2.24, 2.45) is 0 Å². The van der Waals surface area contributed by atoms with Gasteiger partial charge in [0.25, 0.3) is 0 Å². The summed E-state index contributed by atoms with van der Waals surface area (Å²) in [7, 11) is 0. The topological polar surface area (TPSA) is 114 Å². The van der Waals surface area contributed by atoms with Crippen LogP contribution in [0, 0.1) is 6.92 Å². The van der Waals surface area contributed by atoms with E-state index in [0.29, 0.717) is 22.6 Å². The highest BCUT2D eigenvalue weighted by molar-refractivity contribution is 5.95. The normalized spacial score (nSPS) is 15.0. The van der Waals surface area contributed by atoms with Crippen LogP contribution in [0.3, 0.4) is 0 Å². The van der Waals surface area contributed by atoms with Crippen LogP contribution in [0.25, 0.3) is 11.1 Å². The van der Waals surface area contributed by atoms with Crippen LogP contribution in [0.15, 0.2) is 78.9 Å². The van der Waals surface area contributed by atoms with Gasteiger partial charge >= 0.3 is 23.9 Å². The van der Waals surface area contributed by atoms with E-state index >= 15 is 0 Å². The summed E-state index contributed by atoms with van der Waals surface area (Å²) in [4.78, 5) is 49.6. The fraction of sp³-hybridized carbons (Fsp3) is 0.333. The SMILES string of the molecule is C=C(C)C(=O)OCCOc1ccc2c(c1)C(C)c1cc(OC(=O)c3ccc(OC(=O)C(=C)CC(=O)OC4CCCCC4)c(C)c3)ccc1-2. The lowest BCUT2D eigenvalue weighted by Gasteiger charge is -2.21. The molecule has 0 radical (unpaired) electrons. The minimum absolute atomic E-state index is 0.00274. The van der Waals surface area contributed by atoms with Crippen LogP contribution < -0.4 is 14.2 Å². The van der Waals surface area contributed by atoms with Gasteiger partial charge < -0.3 is 23.7 Å². The average Bonchev–Trinajstić information content (AvgIpc) is 3.34.